The van der Waals surface area contributed by atoms with E-state index in [1.807, 2.05) is 24.3 Å². The molecule has 1 saturated carbocycles. The Morgan fingerprint density at radius 1 is 1.14 bits per heavy atom. The Morgan fingerprint density at radius 3 is 2.62 bits per heavy atom. The fraction of sp³-hybridized carbons (Fsp3) is 0.500. The van der Waals surface area contributed by atoms with Crippen molar-refractivity contribution in [3.05, 3.63) is 24.3 Å². The summed E-state index contributed by atoms with van der Waals surface area (Å²) in [6.45, 7) is 1.70. The topological polar surface area (TPSA) is 67.1 Å². The van der Waals surface area contributed by atoms with Crippen molar-refractivity contribution in [1.82, 2.24) is 9.97 Å². The van der Waals surface area contributed by atoms with E-state index in [0.29, 0.717) is 18.6 Å². The van der Waals surface area contributed by atoms with Crippen LogP contribution in [0.2, 0.25) is 0 Å². The van der Waals surface area contributed by atoms with Crippen molar-refractivity contribution in [2.45, 2.75) is 37.8 Å². The molecule has 0 spiro atoms. The molecule has 2 heterocycles. The molecule has 0 unspecified atom stereocenters. The Bertz CT molecular complexity index is 652. The van der Waals surface area contributed by atoms with Crippen molar-refractivity contribution >= 4 is 22.7 Å². The summed E-state index contributed by atoms with van der Waals surface area (Å²) >= 11 is 0. The van der Waals surface area contributed by atoms with E-state index in [1.54, 1.807) is 0 Å². The van der Waals surface area contributed by atoms with Crippen molar-refractivity contribution in [3.8, 4) is 0 Å². The molecule has 0 amide bonds. The first-order chi connectivity index (χ1) is 10.3. The second-order valence-electron chi connectivity index (χ2n) is 6.03. The first kappa shape index (κ1) is 12.8. The molecular weight excluding hydrogens is 262 g/mol. The lowest BCUT2D eigenvalue weighted by atomic mass is 10.2. The van der Waals surface area contributed by atoms with E-state index in [2.05, 4.69) is 10.2 Å². The molecule has 3 N–H and O–H groups in total. The molecule has 2 aliphatic rings. The second-order valence-corrected chi connectivity index (χ2v) is 6.03. The minimum absolute atomic E-state index is 0.389. The van der Waals surface area contributed by atoms with Gasteiger partial charge in [0, 0.05) is 25.2 Å². The average molecular weight is 283 g/mol. The van der Waals surface area contributed by atoms with Gasteiger partial charge in [-0.05, 0) is 37.8 Å². The third-order valence-electron chi connectivity index (χ3n) is 4.39. The number of aromatic nitrogens is 2. The molecule has 5 heteroatoms. The van der Waals surface area contributed by atoms with Crippen LogP contribution in [0.25, 0.3) is 11.0 Å². The van der Waals surface area contributed by atoms with E-state index in [-0.39, 0.29) is 0 Å². The number of nitrogens with one attached hydrogen (secondary N) is 1. The zero-order valence-electron chi connectivity index (χ0n) is 12.1. The van der Waals surface area contributed by atoms with Gasteiger partial charge in [0.1, 0.15) is 0 Å². The molecule has 0 bridgehead atoms. The minimum Gasteiger partial charge on any atom is -0.364 e. The van der Waals surface area contributed by atoms with E-state index in [4.69, 9.17) is 15.7 Å². The fourth-order valence-electron chi connectivity index (χ4n) is 3.07. The van der Waals surface area contributed by atoms with E-state index in [1.165, 1.54) is 19.3 Å². The zero-order valence-corrected chi connectivity index (χ0v) is 12.1. The Morgan fingerprint density at radius 2 is 1.90 bits per heavy atom. The molecule has 2 fully saturated rings. The maximum absolute atomic E-state index is 5.93. The van der Waals surface area contributed by atoms with E-state index in [9.17, 15) is 0 Å². The molecule has 1 saturated heterocycles. The van der Waals surface area contributed by atoms with Crippen LogP contribution < -0.4 is 16.0 Å². The number of benzene rings is 1. The van der Waals surface area contributed by atoms with Gasteiger partial charge in [-0.3, -0.25) is 0 Å². The van der Waals surface area contributed by atoms with Crippen LogP contribution in [0.4, 0.5) is 11.6 Å². The standard InChI is InChI=1S/C16H21N5/c17-10-12-4-3-9-21(12)16-15(18-11-7-8-11)19-13-5-1-2-6-14(13)20-16/h1-2,5-6,11-12H,3-4,7-10,17H2,(H,18,19)/t12-/m0/s1. The highest BCUT2D eigenvalue weighted by molar-refractivity contribution is 5.81. The SMILES string of the molecule is NC[C@@H]1CCCN1c1nc2ccccc2nc1NC1CC1. The molecule has 4 rings (SSSR count). The molecule has 1 aliphatic heterocycles. The smallest absolute Gasteiger partial charge is 0.172 e. The summed E-state index contributed by atoms with van der Waals surface area (Å²) in [6.07, 6.45) is 4.79. The third-order valence-corrected chi connectivity index (χ3v) is 4.39. The summed E-state index contributed by atoms with van der Waals surface area (Å²) in [5.41, 5.74) is 7.83. The maximum Gasteiger partial charge on any atom is 0.172 e. The lowest BCUT2D eigenvalue weighted by Crippen LogP contribution is -2.36. The summed E-state index contributed by atoms with van der Waals surface area (Å²) in [4.78, 5) is 12.0. The Kier molecular flexibility index (Phi) is 3.15. The van der Waals surface area contributed by atoms with Gasteiger partial charge in [0.05, 0.1) is 11.0 Å². The number of anilines is 2. The van der Waals surface area contributed by atoms with Crippen LogP contribution in [-0.4, -0.2) is 35.1 Å². The van der Waals surface area contributed by atoms with Crippen LogP contribution in [0.3, 0.4) is 0 Å². The first-order valence-electron chi connectivity index (χ1n) is 7.85. The number of nitrogens with two attached hydrogens (primary N) is 1. The average Bonchev–Trinajstić information content (AvgIpc) is 3.20. The van der Waals surface area contributed by atoms with Crippen molar-refractivity contribution in [3.63, 3.8) is 0 Å². The summed E-state index contributed by atoms with van der Waals surface area (Å²) in [5.74, 6) is 1.91. The van der Waals surface area contributed by atoms with Crippen LogP contribution >= 0.6 is 0 Å². The normalized spacial score (nSPS) is 22.0. The molecule has 1 aliphatic carbocycles. The van der Waals surface area contributed by atoms with Crippen molar-refractivity contribution < 1.29 is 0 Å². The van der Waals surface area contributed by atoms with Gasteiger partial charge < -0.3 is 16.0 Å². The number of nitrogens with zero attached hydrogens (tertiary/aromatic N) is 3. The first-order valence-corrected chi connectivity index (χ1v) is 7.85. The van der Waals surface area contributed by atoms with E-state index < -0.39 is 0 Å². The molecule has 2 aromatic rings. The number of fused-ring (bicyclic) bond motifs is 1. The Labute approximate surface area is 124 Å². The lowest BCUT2D eigenvalue weighted by Gasteiger charge is -2.26. The van der Waals surface area contributed by atoms with E-state index in [0.717, 1.165) is 35.6 Å². The highest BCUT2D eigenvalue weighted by Gasteiger charge is 2.30. The van der Waals surface area contributed by atoms with Crippen LogP contribution in [0, 0.1) is 0 Å². The summed E-state index contributed by atoms with van der Waals surface area (Å²) in [7, 11) is 0. The van der Waals surface area contributed by atoms with Gasteiger partial charge in [0.15, 0.2) is 11.6 Å². The molecule has 1 aromatic heterocycles. The van der Waals surface area contributed by atoms with Crippen LogP contribution in [0.1, 0.15) is 25.7 Å². The van der Waals surface area contributed by atoms with E-state index >= 15 is 0 Å². The molecule has 21 heavy (non-hydrogen) atoms. The summed E-state index contributed by atoms with van der Waals surface area (Å²) < 4.78 is 0. The number of hydrogen-bond donors (Lipinski definition) is 2. The Balaban J connectivity index is 1.79. The van der Waals surface area contributed by atoms with Crippen LogP contribution in [0.5, 0.6) is 0 Å². The summed E-state index contributed by atoms with van der Waals surface area (Å²) in [5, 5.41) is 3.54. The van der Waals surface area contributed by atoms with Gasteiger partial charge in [-0.15, -0.1) is 0 Å². The highest BCUT2D eigenvalue weighted by Crippen LogP contribution is 2.33. The van der Waals surface area contributed by atoms with Gasteiger partial charge in [-0.2, -0.15) is 0 Å². The molecule has 5 nitrogen and oxygen atoms in total. The molecule has 0 radical (unpaired) electrons. The van der Waals surface area contributed by atoms with Gasteiger partial charge in [-0.25, -0.2) is 9.97 Å². The number of rotatable bonds is 4. The van der Waals surface area contributed by atoms with Crippen molar-refractivity contribution in [1.29, 1.82) is 0 Å². The molecular formula is C16H21N5. The van der Waals surface area contributed by atoms with Gasteiger partial charge in [-0.1, -0.05) is 12.1 Å². The number of para-hydroxylation sites is 2. The molecule has 1 atom stereocenters. The predicted octanol–water partition coefficient (Wildman–Crippen LogP) is 2.13. The maximum atomic E-state index is 5.93. The van der Waals surface area contributed by atoms with Crippen LogP contribution in [0.15, 0.2) is 24.3 Å². The zero-order chi connectivity index (χ0) is 14.2. The van der Waals surface area contributed by atoms with Gasteiger partial charge in [0.2, 0.25) is 0 Å². The number of hydrogen-bond acceptors (Lipinski definition) is 5. The molecule has 110 valence electrons. The quantitative estimate of drug-likeness (QED) is 0.900. The largest absolute Gasteiger partial charge is 0.364 e. The summed E-state index contributed by atoms with van der Waals surface area (Å²) in [6, 6.07) is 9.03. The lowest BCUT2D eigenvalue weighted by molar-refractivity contribution is 0.672. The Hall–Kier alpha value is -1.88. The molecule has 1 aromatic carbocycles. The fourth-order valence-corrected chi connectivity index (χ4v) is 3.07. The predicted molar refractivity (Wildman–Crippen MR) is 85.6 cm³/mol. The minimum atomic E-state index is 0.389. The van der Waals surface area contributed by atoms with Crippen molar-refractivity contribution in [2.75, 3.05) is 23.3 Å². The van der Waals surface area contributed by atoms with Gasteiger partial charge in [0.25, 0.3) is 0 Å². The second kappa shape index (κ2) is 5.15. The third kappa shape index (κ3) is 2.42. The van der Waals surface area contributed by atoms with Crippen LogP contribution in [-0.2, 0) is 0 Å². The van der Waals surface area contributed by atoms with Gasteiger partial charge >= 0.3 is 0 Å². The van der Waals surface area contributed by atoms with Crippen molar-refractivity contribution in [2.24, 2.45) is 5.73 Å². The highest BCUT2D eigenvalue weighted by atomic mass is 15.3. The monoisotopic (exact) mass is 283 g/mol.